The lowest BCUT2D eigenvalue weighted by atomic mass is 9.73. The Bertz CT molecular complexity index is 1310. The van der Waals surface area contributed by atoms with Crippen LogP contribution in [0.2, 0.25) is 0 Å². The van der Waals surface area contributed by atoms with Crippen LogP contribution in [0.25, 0.3) is 5.65 Å². The highest BCUT2D eigenvalue weighted by atomic mass is 32.2. The van der Waals surface area contributed by atoms with E-state index in [2.05, 4.69) is 38.9 Å². The molecule has 1 aliphatic carbocycles. The summed E-state index contributed by atoms with van der Waals surface area (Å²) in [6.07, 6.45) is 8.93. The lowest BCUT2D eigenvalue weighted by Crippen LogP contribution is -2.48. The summed E-state index contributed by atoms with van der Waals surface area (Å²) >= 11 is 1.57. The fraction of sp³-hybridized carbons (Fsp3) is 0.519. The van der Waals surface area contributed by atoms with E-state index in [-0.39, 0.29) is 22.2 Å². The first-order valence-electron chi connectivity index (χ1n) is 12.7. The van der Waals surface area contributed by atoms with Crippen molar-refractivity contribution >= 4 is 40.3 Å². The van der Waals surface area contributed by atoms with Crippen molar-refractivity contribution in [3.8, 4) is 0 Å². The van der Waals surface area contributed by atoms with Crippen molar-refractivity contribution in [2.45, 2.75) is 62.1 Å². The van der Waals surface area contributed by atoms with Crippen LogP contribution in [0.1, 0.15) is 57.2 Å². The van der Waals surface area contributed by atoms with Gasteiger partial charge in [0.2, 0.25) is 5.95 Å². The summed E-state index contributed by atoms with van der Waals surface area (Å²) < 4.78 is 23.2. The predicted octanol–water partition coefficient (Wildman–Crippen LogP) is 4.32. The molecule has 1 fully saturated rings. The number of ether oxygens (including phenoxy) is 1. The van der Waals surface area contributed by atoms with Gasteiger partial charge in [-0.15, -0.1) is 11.8 Å². The van der Waals surface area contributed by atoms with Gasteiger partial charge in [-0.2, -0.15) is 0 Å². The number of nitrogens with one attached hydrogen (secondary N) is 1. The number of rotatable bonds is 7. The standard InChI is InChI=1S/C27H35N5O3S2/c1-26(2,3)37(34)30-23-20-8-6-5-7-19(20)17-27(23)10-13-31(14-11-27)25-29-18-21(24-28-12-15-32(24)25)36-16-9-22(33)35-4/h5-8,12,15,18,23,30H,9-11,13-14,16-17H2,1-4H3/t23-,37-/m1/s1. The lowest BCUT2D eigenvalue weighted by molar-refractivity contribution is -0.140. The second-order valence-corrected chi connectivity index (χ2v) is 14.0. The molecule has 8 nitrogen and oxygen atoms in total. The zero-order chi connectivity index (χ0) is 26.2. The van der Waals surface area contributed by atoms with Crippen LogP contribution in [0.4, 0.5) is 5.95 Å². The van der Waals surface area contributed by atoms with Gasteiger partial charge in [0, 0.05) is 37.4 Å². The van der Waals surface area contributed by atoms with Crippen molar-refractivity contribution in [1.29, 1.82) is 0 Å². The van der Waals surface area contributed by atoms with Crippen LogP contribution < -0.4 is 9.62 Å². The van der Waals surface area contributed by atoms with Crippen LogP contribution in [-0.2, 0) is 26.9 Å². The van der Waals surface area contributed by atoms with Crippen LogP contribution in [0.3, 0.4) is 0 Å². The van der Waals surface area contributed by atoms with E-state index >= 15 is 0 Å². The van der Waals surface area contributed by atoms with Crippen molar-refractivity contribution in [2.75, 3.05) is 30.9 Å². The summed E-state index contributed by atoms with van der Waals surface area (Å²) in [6, 6.07) is 8.68. The molecular weight excluding hydrogens is 506 g/mol. The van der Waals surface area contributed by atoms with Gasteiger partial charge in [0.05, 0.1) is 40.2 Å². The number of fused-ring (bicyclic) bond motifs is 2. The number of nitrogens with zero attached hydrogens (tertiary/aromatic N) is 4. The first-order chi connectivity index (χ1) is 17.7. The van der Waals surface area contributed by atoms with Gasteiger partial charge in [-0.25, -0.2) is 18.9 Å². The number of imidazole rings is 1. The van der Waals surface area contributed by atoms with E-state index in [1.165, 1.54) is 18.2 Å². The molecule has 5 rings (SSSR count). The Hall–Kier alpha value is -2.43. The Balaban J connectivity index is 1.34. The highest BCUT2D eigenvalue weighted by molar-refractivity contribution is 7.99. The fourth-order valence-corrected chi connectivity index (χ4v) is 7.28. The molecule has 3 aromatic rings. The number of hydrogen-bond acceptors (Lipinski definition) is 7. The van der Waals surface area contributed by atoms with Gasteiger partial charge in [0.1, 0.15) is 0 Å². The highest BCUT2D eigenvalue weighted by Crippen LogP contribution is 2.52. The number of carbonyl (C=O) groups excluding carboxylic acids is 1. The van der Waals surface area contributed by atoms with Crippen molar-refractivity contribution in [3.05, 3.63) is 54.0 Å². The average Bonchev–Trinajstić information content (AvgIpc) is 3.48. The monoisotopic (exact) mass is 541 g/mol. The van der Waals surface area contributed by atoms with Crippen molar-refractivity contribution in [2.24, 2.45) is 5.41 Å². The SMILES string of the molecule is COC(=O)CCSc1cnc(N2CCC3(CC2)Cc2ccccc2[C@H]3N[S@](=O)C(C)(C)C)n2ccnc12. The third-order valence-corrected chi connectivity index (χ3v) is 10.1. The quantitative estimate of drug-likeness (QED) is 0.352. The van der Waals surface area contributed by atoms with Gasteiger partial charge in [-0.3, -0.25) is 9.20 Å². The van der Waals surface area contributed by atoms with Gasteiger partial charge in [-0.1, -0.05) is 24.3 Å². The van der Waals surface area contributed by atoms with Gasteiger partial charge in [0.15, 0.2) is 5.65 Å². The fourth-order valence-electron chi connectivity index (χ4n) is 5.44. The maximum absolute atomic E-state index is 13.2. The molecule has 37 heavy (non-hydrogen) atoms. The summed E-state index contributed by atoms with van der Waals surface area (Å²) in [4.78, 5) is 24.2. The highest BCUT2D eigenvalue weighted by Gasteiger charge is 2.49. The molecule has 0 saturated carbocycles. The van der Waals surface area contributed by atoms with E-state index < -0.39 is 11.0 Å². The first kappa shape index (κ1) is 26.2. The van der Waals surface area contributed by atoms with E-state index in [9.17, 15) is 9.00 Å². The van der Waals surface area contributed by atoms with Crippen molar-refractivity contribution in [1.82, 2.24) is 19.1 Å². The summed E-state index contributed by atoms with van der Waals surface area (Å²) in [7, 11) is 0.259. The Labute approximate surface area is 225 Å². The summed E-state index contributed by atoms with van der Waals surface area (Å²) in [5.41, 5.74) is 3.53. The lowest BCUT2D eigenvalue weighted by Gasteiger charge is -2.44. The Morgan fingerprint density at radius 1 is 1.24 bits per heavy atom. The molecule has 2 atom stereocenters. The van der Waals surface area contributed by atoms with E-state index in [1.807, 2.05) is 37.6 Å². The summed E-state index contributed by atoms with van der Waals surface area (Å²) in [5, 5.41) is 0. The molecule has 0 amide bonds. The van der Waals surface area contributed by atoms with E-state index in [0.717, 1.165) is 48.8 Å². The van der Waals surface area contributed by atoms with Crippen molar-refractivity contribution < 1.29 is 13.7 Å². The maximum atomic E-state index is 13.2. The molecule has 1 aromatic carbocycles. The normalized spacial score (nSPS) is 19.8. The van der Waals surface area contributed by atoms with Gasteiger partial charge in [0.25, 0.3) is 0 Å². The number of aromatic nitrogens is 3. The summed E-state index contributed by atoms with van der Waals surface area (Å²) in [5.74, 6) is 1.29. The minimum absolute atomic E-state index is 0.0266. The van der Waals surface area contributed by atoms with Gasteiger partial charge < -0.3 is 9.64 Å². The minimum atomic E-state index is -1.15. The molecule has 0 radical (unpaired) electrons. The number of hydrogen-bond donors (Lipinski definition) is 1. The Morgan fingerprint density at radius 2 is 2.00 bits per heavy atom. The maximum Gasteiger partial charge on any atom is 0.306 e. The molecule has 10 heteroatoms. The Morgan fingerprint density at radius 3 is 2.73 bits per heavy atom. The number of piperidine rings is 1. The van der Waals surface area contributed by atoms with E-state index in [0.29, 0.717) is 12.2 Å². The third kappa shape index (κ3) is 5.15. The van der Waals surface area contributed by atoms with E-state index in [4.69, 9.17) is 9.72 Å². The Kier molecular flexibility index (Phi) is 7.35. The number of thioether (sulfide) groups is 1. The molecule has 0 unspecified atom stereocenters. The van der Waals surface area contributed by atoms with Crippen LogP contribution in [0.5, 0.6) is 0 Å². The molecule has 0 bridgehead atoms. The summed E-state index contributed by atoms with van der Waals surface area (Å²) in [6.45, 7) is 7.79. The second-order valence-electron chi connectivity index (χ2n) is 10.9. The molecule has 2 aliphatic rings. The largest absolute Gasteiger partial charge is 0.469 e. The number of esters is 1. The van der Waals surface area contributed by atoms with Gasteiger partial charge in [-0.05, 0) is 56.6 Å². The number of benzene rings is 1. The van der Waals surface area contributed by atoms with Crippen LogP contribution in [0.15, 0.2) is 47.8 Å². The molecule has 198 valence electrons. The number of anilines is 1. The van der Waals surface area contributed by atoms with Crippen LogP contribution in [-0.4, -0.2) is 55.2 Å². The second kappa shape index (κ2) is 10.4. The van der Waals surface area contributed by atoms with Crippen LogP contribution in [0, 0.1) is 5.41 Å². The van der Waals surface area contributed by atoms with Crippen LogP contribution >= 0.6 is 11.8 Å². The molecule has 1 saturated heterocycles. The first-order valence-corrected chi connectivity index (χ1v) is 14.9. The molecule has 1 N–H and O–H groups in total. The molecule has 1 spiro atoms. The van der Waals surface area contributed by atoms with E-state index in [1.54, 1.807) is 18.0 Å². The number of methoxy groups -OCH3 is 1. The smallest absolute Gasteiger partial charge is 0.306 e. The third-order valence-electron chi connectivity index (χ3n) is 7.51. The predicted molar refractivity (Wildman–Crippen MR) is 148 cm³/mol. The number of carbonyl (C=O) groups is 1. The molecular formula is C27H35N5O3S2. The zero-order valence-electron chi connectivity index (χ0n) is 21.9. The van der Waals surface area contributed by atoms with Gasteiger partial charge >= 0.3 is 5.97 Å². The minimum Gasteiger partial charge on any atom is -0.469 e. The molecule has 1 aliphatic heterocycles. The average molecular weight is 542 g/mol. The zero-order valence-corrected chi connectivity index (χ0v) is 23.5. The molecule has 3 heterocycles. The topological polar surface area (TPSA) is 88.8 Å². The van der Waals surface area contributed by atoms with Crippen molar-refractivity contribution in [3.63, 3.8) is 0 Å². The molecule has 2 aromatic heterocycles.